The molecule has 7 nitrogen and oxygen atoms in total. The van der Waals surface area contributed by atoms with Crippen molar-refractivity contribution in [2.24, 2.45) is 0 Å². The van der Waals surface area contributed by atoms with Crippen molar-refractivity contribution in [2.75, 3.05) is 11.9 Å². The zero-order valence-electron chi connectivity index (χ0n) is 13.0. The molecule has 0 aromatic heterocycles. The highest BCUT2D eigenvalue weighted by Gasteiger charge is 2.44. The van der Waals surface area contributed by atoms with Gasteiger partial charge in [-0.3, -0.25) is 4.79 Å². The maximum Gasteiger partial charge on any atom is 0.342 e. The number of rotatable bonds is 4. The third-order valence-electron chi connectivity index (χ3n) is 3.78. The molecule has 10 heteroatoms. The molecule has 0 bridgehead atoms. The Hall–Kier alpha value is -2.13. The molecule has 1 unspecified atom stereocenters. The van der Waals surface area contributed by atoms with E-state index in [2.05, 4.69) is 5.32 Å². The lowest BCUT2D eigenvalue weighted by Crippen LogP contribution is -2.54. The third kappa shape index (κ3) is 3.28. The second-order valence-electron chi connectivity index (χ2n) is 5.49. The van der Waals surface area contributed by atoms with Gasteiger partial charge in [-0.15, -0.1) is 0 Å². The molecule has 0 fully saturated rings. The molecule has 2 aromatic rings. The van der Waals surface area contributed by atoms with Crippen LogP contribution in [0, 0.1) is 0 Å². The zero-order valence-corrected chi connectivity index (χ0v) is 15.3. The van der Waals surface area contributed by atoms with Crippen LogP contribution in [-0.2, 0) is 14.8 Å². The smallest absolute Gasteiger partial charge is 0.342 e. The first-order chi connectivity index (χ1) is 12.2. The monoisotopic (exact) mass is 414 g/mol. The first-order valence-electron chi connectivity index (χ1n) is 7.30. The van der Waals surface area contributed by atoms with Gasteiger partial charge in [0, 0.05) is 10.6 Å². The van der Waals surface area contributed by atoms with Crippen molar-refractivity contribution in [3.05, 3.63) is 58.1 Å². The molecular formula is C16H12Cl2N2O5S. The molecule has 0 saturated heterocycles. The van der Waals surface area contributed by atoms with E-state index in [9.17, 15) is 23.1 Å². The fourth-order valence-corrected chi connectivity index (χ4v) is 5.05. The van der Waals surface area contributed by atoms with Crippen molar-refractivity contribution < 1.29 is 23.1 Å². The van der Waals surface area contributed by atoms with Gasteiger partial charge in [-0.25, -0.2) is 13.2 Å². The second kappa shape index (κ2) is 6.88. The average Bonchev–Trinajstić information content (AvgIpc) is 2.56. The lowest BCUT2D eigenvalue weighted by molar-refractivity contribution is -0.140. The number of Topliss-reactive ketones (excluding diaryl/α,β-unsaturated/α-hetero) is 1. The number of carbonyl (C=O) groups is 2. The number of aliphatic carboxylic acids is 1. The summed E-state index contributed by atoms with van der Waals surface area (Å²) < 4.78 is 26.5. The van der Waals surface area contributed by atoms with Gasteiger partial charge in [0.15, 0.2) is 11.9 Å². The van der Waals surface area contributed by atoms with E-state index < -0.39 is 34.5 Å². The molecule has 1 aliphatic rings. The van der Waals surface area contributed by atoms with Crippen LogP contribution in [0.3, 0.4) is 0 Å². The number of hydrogen-bond acceptors (Lipinski definition) is 5. The Labute approximate surface area is 159 Å². The summed E-state index contributed by atoms with van der Waals surface area (Å²) >= 11 is 11.9. The molecule has 2 N–H and O–H groups in total. The fourth-order valence-electron chi connectivity index (χ4n) is 2.62. The molecular weight excluding hydrogens is 403 g/mol. The maximum atomic E-state index is 13.0. The predicted octanol–water partition coefficient (Wildman–Crippen LogP) is 2.70. The number of carboxylic acid groups (broad SMARTS) is 1. The van der Waals surface area contributed by atoms with Crippen LogP contribution in [0.4, 0.5) is 5.69 Å². The summed E-state index contributed by atoms with van der Waals surface area (Å²) in [5.41, 5.74) is 0.234. The molecule has 0 saturated carbocycles. The molecule has 1 atom stereocenters. The van der Waals surface area contributed by atoms with Crippen LogP contribution in [0.15, 0.2) is 47.4 Å². The minimum Gasteiger partial charge on any atom is -0.479 e. The summed E-state index contributed by atoms with van der Waals surface area (Å²) in [5.74, 6) is -2.01. The van der Waals surface area contributed by atoms with E-state index in [0.717, 1.165) is 0 Å². The molecule has 0 radical (unpaired) electrons. The predicted molar refractivity (Wildman–Crippen MR) is 96.2 cm³/mol. The minimum absolute atomic E-state index is 0.0293. The number of ketones is 1. The second-order valence-corrected chi connectivity index (χ2v) is 8.16. The van der Waals surface area contributed by atoms with E-state index in [4.69, 9.17) is 23.2 Å². The number of nitrogens with one attached hydrogen (secondary N) is 1. The van der Waals surface area contributed by atoms with Gasteiger partial charge in [-0.05, 0) is 12.1 Å². The molecule has 0 spiro atoms. The average molecular weight is 415 g/mol. The van der Waals surface area contributed by atoms with Gasteiger partial charge in [0.05, 0.1) is 17.3 Å². The van der Waals surface area contributed by atoms with Gasteiger partial charge in [-0.1, -0.05) is 53.5 Å². The number of anilines is 1. The van der Waals surface area contributed by atoms with Gasteiger partial charge in [0.25, 0.3) is 0 Å². The highest BCUT2D eigenvalue weighted by atomic mass is 35.5. The highest BCUT2D eigenvalue weighted by molar-refractivity contribution is 7.89. The number of nitrogens with zero attached hydrogens (tertiary/aromatic N) is 1. The van der Waals surface area contributed by atoms with E-state index in [1.807, 2.05) is 0 Å². The summed E-state index contributed by atoms with van der Waals surface area (Å²) in [5, 5.41) is 12.0. The summed E-state index contributed by atoms with van der Waals surface area (Å²) in [7, 11) is -4.35. The molecule has 0 aliphatic carbocycles. The summed E-state index contributed by atoms with van der Waals surface area (Å²) in [6, 6.07) is 10.5. The largest absolute Gasteiger partial charge is 0.479 e. The lowest BCUT2D eigenvalue weighted by Gasteiger charge is -2.34. The van der Waals surface area contributed by atoms with Gasteiger partial charge >= 0.3 is 5.97 Å². The highest BCUT2D eigenvalue weighted by Crippen LogP contribution is 2.39. The number of sulfonamides is 1. The quantitative estimate of drug-likeness (QED) is 0.745. The van der Waals surface area contributed by atoms with E-state index in [0.29, 0.717) is 4.31 Å². The van der Waals surface area contributed by atoms with Crippen molar-refractivity contribution in [3.63, 3.8) is 0 Å². The Bertz CT molecular complexity index is 995. The Balaban J connectivity index is 2.08. The first kappa shape index (κ1) is 18.7. The van der Waals surface area contributed by atoms with Crippen LogP contribution in [0.1, 0.15) is 10.4 Å². The number of halogens is 2. The Morgan fingerprint density at radius 3 is 2.42 bits per heavy atom. The van der Waals surface area contributed by atoms with Crippen LogP contribution in [-0.4, -0.2) is 42.3 Å². The number of benzene rings is 2. The van der Waals surface area contributed by atoms with E-state index in [1.54, 1.807) is 18.2 Å². The lowest BCUT2D eigenvalue weighted by atomic mass is 10.1. The van der Waals surface area contributed by atoms with Crippen molar-refractivity contribution in [1.82, 2.24) is 4.31 Å². The molecule has 2 aromatic carbocycles. The van der Waals surface area contributed by atoms with Crippen LogP contribution >= 0.6 is 23.2 Å². The Kier molecular flexibility index (Phi) is 4.94. The molecule has 0 amide bonds. The van der Waals surface area contributed by atoms with Gasteiger partial charge in [-0.2, -0.15) is 4.31 Å². The maximum absolute atomic E-state index is 13.0. The number of carboxylic acids is 1. The van der Waals surface area contributed by atoms with Crippen molar-refractivity contribution >= 4 is 50.7 Å². The molecule has 1 aliphatic heterocycles. The standard InChI is InChI=1S/C16H12Cl2N2O5S/c17-10-6-11(18)14-12(7-10)19-15(16(22)23)20(26(14,24)25)8-13(21)9-4-2-1-3-5-9/h1-7,15,19H,8H2,(H,22,23). The van der Waals surface area contributed by atoms with Gasteiger partial charge in [0.2, 0.25) is 10.0 Å². The van der Waals surface area contributed by atoms with Crippen molar-refractivity contribution in [2.45, 2.75) is 11.1 Å². The van der Waals surface area contributed by atoms with E-state index in [-0.39, 0.29) is 26.2 Å². The molecule has 1 heterocycles. The van der Waals surface area contributed by atoms with Crippen molar-refractivity contribution in [3.8, 4) is 0 Å². The van der Waals surface area contributed by atoms with Gasteiger partial charge in [0.1, 0.15) is 4.90 Å². The Morgan fingerprint density at radius 2 is 1.81 bits per heavy atom. The van der Waals surface area contributed by atoms with Crippen LogP contribution in [0.2, 0.25) is 10.0 Å². The molecule has 26 heavy (non-hydrogen) atoms. The summed E-state index contributed by atoms with van der Waals surface area (Å²) in [6.07, 6.45) is -1.67. The molecule has 3 rings (SSSR count). The fraction of sp³-hybridized carbons (Fsp3) is 0.125. The number of fused-ring (bicyclic) bond motifs is 1. The summed E-state index contributed by atoms with van der Waals surface area (Å²) in [6.45, 7) is -0.658. The van der Waals surface area contributed by atoms with Crippen LogP contribution in [0.25, 0.3) is 0 Å². The third-order valence-corrected chi connectivity index (χ3v) is 6.33. The SMILES string of the molecule is O=C(CN1C(C(=O)O)Nc2cc(Cl)cc(Cl)c2S1(=O)=O)c1ccccc1. The van der Waals surface area contributed by atoms with Crippen molar-refractivity contribution in [1.29, 1.82) is 0 Å². The zero-order chi connectivity index (χ0) is 19.1. The van der Waals surface area contributed by atoms with E-state index in [1.165, 1.54) is 24.3 Å². The topological polar surface area (TPSA) is 104 Å². The first-order valence-corrected chi connectivity index (χ1v) is 9.50. The Morgan fingerprint density at radius 1 is 1.15 bits per heavy atom. The normalized spacial score (nSPS) is 18.6. The number of hydrogen-bond donors (Lipinski definition) is 2. The van der Waals surface area contributed by atoms with Crippen LogP contribution in [0.5, 0.6) is 0 Å². The minimum atomic E-state index is -4.35. The van der Waals surface area contributed by atoms with E-state index >= 15 is 0 Å². The molecule has 136 valence electrons. The summed E-state index contributed by atoms with van der Waals surface area (Å²) in [4.78, 5) is 23.7. The number of carbonyl (C=O) groups excluding carboxylic acids is 1. The van der Waals surface area contributed by atoms with Crippen LogP contribution < -0.4 is 5.32 Å². The van der Waals surface area contributed by atoms with Gasteiger partial charge < -0.3 is 10.4 Å².